The molecule has 2 rings (SSSR count). The van der Waals surface area contributed by atoms with E-state index in [1.165, 1.54) is 23.7 Å². The Balaban J connectivity index is 1.96. The highest BCUT2D eigenvalue weighted by atomic mass is 35.5. The molecule has 0 aliphatic carbocycles. The van der Waals surface area contributed by atoms with E-state index in [0.29, 0.717) is 0 Å². The van der Waals surface area contributed by atoms with Crippen LogP contribution >= 0.6 is 11.6 Å². The van der Waals surface area contributed by atoms with Gasteiger partial charge in [0.05, 0.1) is 16.8 Å². The molecule has 8 nitrogen and oxygen atoms in total. The van der Waals surface area contributed by atoms with Gasteiger partial charge in [0.25, 0.3) is 11.6 Å². The Labute approximate surface area is 139 Å². The number of hydrogen-bond donors (Lipinski definition) is 1. The van der Waals surface area contributed by atoms with Crippen LogP contribution in [0, 0.1) is 15.9 Å². The van der Waals surface area contributed by atoms with Gasteiger partial charge in [0.15, 0.2) is 6.61 Å². The maximum Gasteiger partial charge on any atom is 0.355 e. The fraction of sp³-hybridized carbons (Fsp3) is 0.143. The molecule has 1 aromatic carbocycles. The second-order valence-electron chi connectivity index (χ2n) is 4.70. The van der Waals surface area contributed by atoms with Gasteiger partial charge in [-0.05, 0) is 18.2 Å². The SMILES string of the molecule is Cn1cc([N+](=O)[O-])cc1C(=O)OCC(=O)Nc1ccc(Cl)cc1F. The lowest BCUT2D eigenvalue weighted by atomic mass is 10.3. The maximum absolute atomic E-state index is 13.5. The molecule has 1 aromatic heterocycles. The summed E-state index contributed by atoms with van der Waals surface area (Å²) in [6.07, 6.45) is 1.14. The van der Waals surface area contributed by atoms with Gasteiger partial charge >= 0.3 is 5.97 Å². The zero-order chi connectivity index (χ0) is 17.9. The molecule has 10 heteroatoms. The molecule has 2 aromatic rings. The first kappa shape index (κ1) is 17.4. The lowest BCUT2D eigenvalue weighted by Gasteiger charge is -2.08. The van der Waals surface area contributed by atoms with Crippen LogP contribution in [0.4, 0.5) is 15.8 Å². The predicted octanol–water partition coefficient (Wildman–Crippen LogP) is 2.52. The average molecular weight is 356 g/mol. The van der Waals surface area contributed by atoms with Crippen molar-refractivity contribution in [2.24, 2.45) is 7.05 Å². The third-order valence-corrected chi connectivity index (χ3v) is 3.19. The Morgan fingerprint density at radius 2 is 2.12 bits per heavy atom. The van der Waals surface area contributed by atoms with Crippen LogP contribution in [-0.2, 0) is 16.6 Å². The lowest BCUT2D eigenvalue weighted by Crippen LogP contribution is -2.22. The summed E-state index contributed by atoms with van der Waals surface area (Å²) < 4.78 is 19.5. The molecule has 126 valence electrons. The zero-order valence-electron chi connectivity index (χ0n) is 12.3. The van der Waals surface area contributed by atoms with Gasteiger partial charge in [0.1, 0.15) is 11.5 Å². The molecule has 0 unspecified atom stereocenters. The molecule has 0 atom stereocenters. The van der Waals surface area contributed by atoms with Crippen molar-refractivity contribution < 1.29 is 23.6 Å². The maximum atomic E-state index is 13.5. The van der Waals surface area contributed by atoms with Crippen molar-refractivity contribution in [3.8, 4) is 0 Å². The zero-order valence-corrected chi connectivity index (χ0v) is 13.0. The highest BCUT2D eigenvalue weighted by molar-refractivity contribution is 6.30. The third kappa shape index (κ3) is 4.07. The number of carbonyl (C=O) groups is 2. The summed E-state index contributed by atoms with van der Waals surface area (Å²) in [5.74, 6) is -2.43. The molecule has 1 N–H and O–H groups in total. The number of nitrogens with one attached hydrogen (secondary N) is 1. The van der Waals surface area contributed by atoms with Crippen LogP contribution in [-0.4, -0.2) is 28.0 Å². The van der Waals surface area contributed by atoms with Crippen LogP contribution in [0.3, 0.4) is 0 Å². The molecule has 1 amide bonds. The first-order valence-electron chi connectivity index (χ1n) is 6.50. The number of halogens is 2. The number of amides is 1. The van der Waals surface area contributed by atoms with Gasteiger partial charge in [-0.2, -0.15) is 0 Å². The minimum absolute atomic E-state index is 0.0906. The van der Waals surface area contributed by atoms with Gasteiger partial charge in [-0.3, -0.25) is 14.9 Å². The molecule has 1 heterocycles. The molecule has 0 radical (unpaired) electrons. The number of nitrogens with zero attached hydrogens (tertiary/aromatic N) is 2. The minimum atomic E-state index is -0.919. The summed E-state index contributed by atoms with van der Waals surface area (Å²) >= 11 is 5.59. The van der Waals surface area contributed by atoms with E-state index in [0.717, 1.165) is 18.3 Å². The van der Waals surface area contributed by atoms with Crippen molar-refractivity contribution in [2.75, 3.05) is 11.9 Å². The van der Waals surface area contributed by atoms with Crippen LogP contribution in [0.2, 0.25) is 5.02 Å². The molecule has 0 spiro atoms. The molecule has 0 saturated heterocycles. The molecule has 24 heavy (non-hydrogen) atoms. The van der Waals surface area contributed by atoms with E-state index in [-0.39, 0.29) is 22.1 Å². The second-order valence-corrected chi connectivity index (χ2v) is 5.14. The van der Waals surface area contributed by atoms with E-state index >= 15 is 0 Å². The van der Waals surface area contributed by atoms with Crippen LogP contribution in [0.5, 0.6) is 0 Å². The van der Waals surface area contributed by atoms with Gasteiger partial charge in [-0.25, -0.2) is 9.18 Å². The fourth-order valence-electron chi connectivity index (χ4n) is 1.83. The molecular formula is C14H11ClFN3O5. The van der Waals surface area contributed by atoms with Crippen LogP contribution in [0.25, 0.3) is 0 Å². The number of benzene rings is 1. The number of esters is 1. The van der Waals surface area contributed by atoms with Crippen molar-refractivity contribution in [2.45, 2.75) is 0 Å². The van der Waals surface area contributed by atoms with Gasteiger partial charge in [-0.1, -0.05) is 11.6 Å². The fourth-order valence-corrected chi connectivity index (χ4v) is 1.99. The second kappa shape index (κ2) is 7.09. The van der Waals surface area contributed by atoms with Crippen LogP contribution in [0.15, 0.2) is 30.5 Å². The number of nitro groups is 1. The van der Waals surface area contributed by atoms with E-state index < -0.39 is 29.2 Å². The van der Waals surface area contributed by atoms with Crippen molar-refractivity contribution in [1.82, 2.24) is 4.57 Å². The van der Waals surface area contributed by atoms with Gasteiger partial charge in [-0.15, -0.1) is 0 Å². The average Bonchev–Trinajstić information content (AvgIpc) is 2.90. The van der Waals surface area contributed by atoms with Gasteiger partial charge < -0.3 is 14.6 Å². The van der Waals surface area contributed by atoms with Crippen molar-refractivity contribution in [3.63, 3.8) is 0 Å². The van der Waals surface area contributed by atoms with E-state index in [1.807, 2.05) is 0 Å². The number of rotatable bonds is 5. The summed E-state index contributed by atoms with van der Waals surface area (Å²) in [6, 6.07) is 4.69. The topological polar surface area (TPSA) is 103 Å². The normalized spacial score (nSPS) is 10.3. The first-order chi connectivity index (χ1) is 11.3. The Hall–Kier alpha value is -2.94. The monoisotopic (exact) mass is 355 g/mol. The lowest BCUT2D eigenvalue weighted by molar-refractivity contribution is -0.384. The molecule has 0 aliphatic rings. The molecule has 0 fully saturated rings. The summed E-state index contributed by atoms with van der Waals surface area (Å²) in [5, 5.41) is 13.0. The Morgan fingerprint density at radius 3 is 2.71 bits per heavy atom. The Bertz CT molecular complexity index is 821. The Kier molecular flexibility index (Phi) is 5.14. The van der Waals surface area contributed by atoms with Crippen LogP contribution in [0.1, 0.15) is 10.5 Å². The van der Waals surface area contributed by atoms with E-state index in [4.69, 9.17) is 16.3 Å². The van der Waals surface area contributed by atoms with E-state index in [2.05, 4.69) is 5.32 Å². The molecule has 0 aliphatic heterocycles. The number of carbonyl (C=O) groups excluding carboxylic acids is 2. The quantitative estimate of drug-likeness (QED) is 0.504. The number of aromatic nitrogens is 1. The Morgan fingerprint density at radius 1 is 1.42 bits per heavy atom. The van der Waals surface area contributed by atoms with Crippen molar-refractivity contribution in [3.05, 3.63) is 57.1 Å². The predicted molar refractivity (Wildman–Crippen MR) is 82.4 cm³/mol. The molecule has 0 saturated carbocycles. The summed E-state index contributed by atoms with van der Waals surface area (Å²) in [6.45, 7) is -0.681. The summed E-state index contributed by atoms with van der Waals surface area (Å²) in [4.78, 5) is 33.5. The van der Waals surface area contributed by atoms with E-state index in [9.17, 15) is 24.1 Å². The van der Waals surface area contributed by atoms with Gasteiger partial charge in [0, 0.05) is 18.1 Å². The summed E-state index contributed by atoms with van der Waals surface area (Å²) in [5.41, 5.74) is -0.487. The summed E-state index contributed by atoms with van der Waals surface area (Å²) in [7, 11) is 1.42. The number of hydrogen-bond acceptors (Lipinski definition) is 5. The van der Waals surface area contributed by atoms with Crippen molar-refractivity contribution in [1.29, 1.82) is 0 Å². The number of anilines is 1. The smallest absolute Gasteiger partial charge is 0.355 e. The van der Waals surface area contributed by atoms with Crippen LogP contribution < -0.4 is 5.32 Å². The molecular weight excluding hydrogens is 345 g/mol. The van der Waals surface area contributed by atoms with E-state index in [1.54, 1.807) is 0 Å². The standard InChI is InChI=1S/C14H11ClFN3O5/c1-18-6-9(19(22)23)5-12(18)14(21)24-7-13(20)17-11-3-2-8(15)4-10(11)16/h2-6H,7H2,1H3,(H,17,20). The number of aryl methyl sites for hydroxylation is 1. The van der Waals surface area contributed by atoms with Gasteiger partial charge in [0.2, 0.25) is 0 Å². The first-order valence-corrected chi connectivity index (χ1v) is 6.88. The number of ether oxygens (including phenoxy) is 1. The highest BCUT2D eigenvalue weighted by Crippen LogP contribution is 2.19. The third-order valence-electron chi connectivity index (χ3n) is 2.95. The minimum Gasteiger partial charge on any atom is -0.451 e. The largest absolute Gasteiger partial charge is 0.451 e. The van der Waals surface area contributed by atoms with Crippen molar-refractivity contribution >= 4 is 34.9 Å². The highest BCUT2D eigenvalue weighted by Gasteiger charge is 2.19. The molecule has 0 bridgehead atoms.